The van der Waals surface area contributed by atoms with Gasteiger partial charge in [-0.15, -0.1) is 0 Å². The second-order valence-corrected chi connectivity index (χ2v) is 8.12. The minimum atomic E-state index is -3.69. The highest BCUT2D eigenvalue weighted by Gasteiger charge is 2.20. The van der Waals surface area contributed by atoms with Gasteiger partial charge in [0.05, 0.1) is 18.5 Å². The van der Waals surface area contributed by atoms with E-state index in [0.717, 1.165) is 39.6 Å². The fourth-order valence-corrected chi connectivity index (χ4v) is 3.26. The van der Waals surface area contributed by atoms with Crippen molar-refractivity contribution in [3.05, 3.63) is 59.4 Å². The second kappa shape index (κ2) is 8.85. The minimum absolute atomic E-state index is 0.223. The minimum Gasteiger partial charge on any atom is -0.491 e. The summed E-state index contributed by atoms with van der Waals surface area (Å²) in [6, 6.07) is 10.8. The van der Waals surface area contributed by atoms with Gasteiger partial charge in [0.15, 0.2) is 0 Å². The molecule has 0 aromatic heterocycles. The maximum absolute atomic E-state index is 13.0. The first-order valence-electron chi connectivity index (χ1n) is 8.37. The molecule has 2 aromatic carbocycles. The Morgan fingerprint density at radius 3 is 2.44 bits per heavy atom. The van der Waals surface area contributed by atoms with Gasteiger partial charge >= 0.3 is 0 Å². The lowest BCUT2D eigenvalue weighted by Gasteiger charge is -2.21. The number of aryl methyl sites for hydroxylation is 2. The first-order valence-corrected chi connectivity index (χ1v) is 10.2. The summed E-state index contributed by atoms with van der Waals surface area (Å²) in [6.07, 6.45) is 0.993. The van der Waals surface area contributed by atoms with Crippen molar-refractivity contribution in [1.29, 1.82) is 0 Å². The van der Waals surface area contributed by atoms with Gasteiger partial charge in [0.2, 0.25) is 15.9 Å². The van der Waals surface area contributed by atoms with Crippen LogP contribution >= 0.6 is 0 Å². The molecule has 0 unspecified atom stereocenters. The number of amides is 1. The summed E-state index contributed by atoms with van der Waals surface area (Å²) < 4.78 is 43.5. The molecule has 0 aliphatic heterocycles. The van der Waals surface area contributed by atoms with E-state index in [1.54, 1.807) is 0 Å². The number of hydrogen-bond acceptors (Lipinski definition) is 4. The summed E-state index contributed by atoms with van der Waals surface area (Å²) >= 11 is 0. The van der Waals surface area contributed by atoms with Crippen molar-refractivity contribution < 1.29 is 22.3 Å². The molecule has 0 spiro atoms. The fourth-order valence-electron chi connectivity index (χ4n) is 2.41. The summed E-state index contributed by atoms with van der Waals surface area (Å²) in [6.45, 7) is 3.98. The lowest BCUT2D eigenvalue weighted by molar-refractivity contribution is -0.119. The number of hydrogen-bond donors (Lipinski definition) is 1. The van der Waals surface area contributed by atoms with Crippen LogP contribution in [0.4, 0.5) is 10.1 Å². The number of carbonyl (C=O) groups is 1. The number of nitrogens with one attached hydrogen (secondary N) is 1. The summed E-state index contributed by atoms with van der Waals surface area (Å²) in [5, 5.41) is 2.63. The summed E-state index contributed by atoms with van der Waals surface area (Å²) in [5.74, 6) is -0.220. The third-order valence-corrected chi connectivity index (χ3v) is 4.97. The number of nitrogens with zero attached hydrogens (tertiary/aromatic N) is 1. The van der Waals surface area contributed by atoms with E-state index >= 15 is 0 Å². The third-order valence-electron chi connectivity index (χ3n) is 3.83. The molecular formula is C19H23FN2O4S. The lowest BCUT2D eigenvalue weighted by Crippen LogP contribution is -2.41. The van der Waals surface area contributed by atoms with E-state index in [0.29, 0.717) is 0 Å². The highest BCUT2D eigenvalue weighted by Crippen LogP contribution is 2.19. The Bertz CT molecular complexity index is 898. The fraction of sp³-hybridized carbons (Fsp3) is 0.316. The van der Waals surface area contributed by atoms with Crippen LogP contribution in [0.5, 0.6) is 5.75 Å². The number of ether oxygens (including phenoxy) is 1. The van der Waals surface area contributed by atoms with Crippen LogP contribution in [-0.4, -0.2) is 40.3 Å². The molecule has 27 heavy (non-hydrogen) atoms. The van der Waals surface area contributed by atoms with E-state index in [1.807, 2.05) is 32.0 Å². The zero-order valence-corrected chi connectivity index (χ0v) is 16.3. The molecule has 0 atom stereocenters. The molecule has 1 amide bonds. The molecule has 0 heterocycles. The largest absolute Gasteiger partial charge is 0.491 e. The Balaban J connectivity index is 1.90. The van der Waals surface area contributed by atoms with Crippen LogP contribution in [0.3, 0.4) is 0 Å². The molecular weight excluding hydrogens is 371 g/mol. The van der Waals surface area contributed by atoms with Gasteiger partial charge in [0.1, 0.15) is 24.7 Å². The zero-order valence-electron chi connectivity index (χ0n) is 15.5. The Labute approximate surface area is 159 Å². The average molecular weight is 394 g/mol. The highest BCUT2D eigenvalue weighted by atomic mass is 32.2. The van der Waals surface area contributed by atoms with Crippen LogP contribution in [0.15, 0.2) is 42.5 Å². The molecule has 146 valence electrons. The van der Waals surface area contributed by atoms with Gasteiger partial charge < -0.3 is 10.1 Å². The van der Waals surface area contributed by atoms with E-state index < -0.39 is 28.3 Å². The lowest BCUT2D eigenvalue weighted by atomic mass is 10.1. The first kappa shape index (κ1) is 20.7. The molecule has 0 fully saturated rings. The van der Waals surface area contributed by atoms with E-state index in [9.17, 15) is 17.6 Å². The molecule has 2 rings (SSSR count). The van der Waals surface area contributed by atoms with Crippen LogP contribution < -0.4 is 14.4 Å². The third kappa shape index (κ3) is 6.25. The Kier molecular flexibility index (Phi) is 6.79. The van der Waals surface area contributed by atoms with E-state index in [-0.39, 0.29) is 18.8 Å². The van der Waals surface area contributed by atoms with Crippen molar-refractivity contribution in [3.63, 3.8) is 0 Å². The van der Waals surface area contributed by atoms with Crippen molar-refractivity contribution in [2.75, 3.05) is 30.3 Å². The van der Waals surface area contributed by atoms with Crippen molar-refractivity contribution in [1.82, 2.24) is 5.32 Å². The summed E-state index contributed by atoms with van der Waals surface area (Å²) in [4.78, 5) is 12.1. The van der Waals surface area contributed by atoms with Gasteiger partial charge in [-0.1, -0.05) is 12.1 Å². The smallest absolute Gasteiger partial charge is 0.240 e. The van der Waals surface area contributed by atoms with Crippen molar-refractivity contribution in [2.24, 2.45) is 0 Å². The van der Waals surface area contributed by atoms with Crippen molar-refractivity contribution >= 4 is 21.6 Å². The quantitative estimate of drug-likeness (QED) is 0.698. The molecule has 0 saturated carbocycles. The Morgan fingerprint density at radius 1 is 1.15 bits per heavy atom. The van der Waals surface area contributed by atoms with Gasteiger partial charge in [-0.25, -0.2) is 12.8 Å². The van der Waals surface area contributed by atoms with Gasteiger partial charge in [0.25, 0.3) is 0 Å². The van der Waals surface area contributed by atoms with E-state index in [2.05, 4.69) is 5.32 Å². The van der Waals surface area contributed by atoms with Crippen LogP contribution in [0.2, 0.25) is 0 Å². The normalized spacial score (nSPS) is 11.1. The molecule has 0 radical (unpaired) electrons. The highest BCUT2D eigenvalue weighted by molar-refractivity contribution is 7.92. The molecule has 1 N–H and O–H groups in total. The molecule has 2 aromatic rings. The van der Waals surface area contributed by atoms with Crippen molar-refractivity contribution in [2.45, 2.75) is 13.8 Å². The molecule has 0 saturated heterocycles. The van der Waals surface area contributed by atoms with Gasteiger partial charge in [0, 0.05) is 0 Å². The van der Waals surface area contributed by atoms with Crippen LogP contribution in [0.25, 0.3) is 0 Å². The average Bonchev–Trinajstić information content (AvgIpc) is 2.59. The molecule has 0 aliphatic rings. The maximum Gasteiger partial charge on any atom is 0.240 e. The van der Waals surface area contributed by atoms with Crippen LogP contribution in [0.1, 0.15) is 11.1 Å². The number of carbonyl (C=O) groups excluding carboxylic acids is 1. The van der Waals surface area contributed by atoms with Gasteiger partial charge in [-0.05, 0) is 55.3 Å². The predicted molar refractivity (Wildman–Crippen MR) is 103 cm³/mol. The standard InChI is InChI=1S/C19H23FN2O4S/c1-14-4-5-15(2)18(12-14)26-11-10-21-19(23)13-22(27(3,24)25)17-8-6-16(20)7-9-17/h4-9,12H,10-11,13H2,1-3H3,(H,21,23). The molecule has 8 heteroatoms. The number of rotatable bonds is 8. The number of anilines is 1. The number of halogens is 1. The number of benzene rings is 2. The maximum atomic E-state index is 13.0. The Hall–Kier alpha value is -2.61. The van der Waals surface area contributed by atoms with Crippen molar-refractivity contribution in [3.8, 4) is 5.75 Å². The monoisotopic (exact) mass is 394 g/mol. The molecule has 0 aliphatic carbocycles. The SMILES string of the molecule is Cc1ccc(C)c(OCCNC(=O)CN(c2ccc(F)cc2)S(C)(=O)=O)c1. The van der Waals surface area contributed by atoms with Gasteiger partial charge in [-0.3, -0.25) is 9.10 Å². The molecule has 0 bridgehead atoms. The first-order chi connectivity index (χ1) is 12.7. The number of sulfonamides is 1. The van der Waals surface area contributed by atoms with Crippen LogP contribution in [-0.2, 0) is 14.8 Å². The second-order valence-electron chi connectivity index (χ2n) is 6.21. The Morgan fingerprint density at radius 2 is 1.81 bits per heavy atom. The zero-order chi connectivity index (χ0) is 20.0. The summed E-state index contributed by atoms with van der Waals surface area (Å²) in [5.41, 5.74) is 2.29. The predicted octanol–water partition coefficient (Wildman–Crippen LogP) is 2.40. The van der Waals surface area contributed by atoms with Gasteiger partial charge in [-0.2, -0.15) is 0 Å². The van der Waals surface area contributed by atoms with Crippen LogP contribution in [0, 0.1) is 19.7 Å². The van der Waals surface area contributed by atoms with E-state index in [1.165, 1.54) is 12.1 Å². The summed E-state index contributed by atoms with van der Waals surface area (Å²) in [7, 11) is -3.69. The topological polar surface area (TPSA) is 75.7 Å². The van der Waals surface area contributed by atoms with E-state index in [4.69, 9.17) is 4.74 Å². The molecule has 6 nitrogen and oxygen atoms in total.